The van der Waals surface area contributed by atoms with Crippen LogP contribution in [0, 0.1) is 0 Å². The van der Waals surface area contributed by atoms with Gasteiger partial charge in [0.25, 0.3) is 0 Å². The molecule has 1 atom stereocenters. The Hall–Kier alpha value is -3.99. The summed E-state index contributed by atoms with van der Waals surface area (Å²) < 4.78 is 10.9. The highest BCUT2D eigenvalue weighted by atomic mass is 16.5. The highest BCUT2D eigenvalue weighted by Gasteiger charge is 2.31. The van der Waals surface area contributed by atoms with Gasteiger partial charge in [0.2, 0.25) is 0 Å². The van der Waals surface area contributed by atoms with Gasteiger partial charge in [-0.15, -0.1) is 0 Å². The summed E-state index contributed by atoms with van der Waals surface area (Å²) >= 11 is 0. The fraction of sp³-hybridized carbons (Fsp3) is 0.148. The molecule has 32 heavy (non-hydrogen) atoms. The van der Waals surface area contributed by atoms with Crippen molar-refractivity contribution >= 4 is 22.2 Å². The molecular formula is C27H24N2O3. The lowest BCUT2D eigenvalue weighted by atomic mass is 9.95. The molecule has 0 saturated heterocycles. The predicted octanol–water partition coefficient (Wildman–Crippen LogP) is 5.92. The number of hydrogen-bond acceptors (Lipinski definition) is 5. The summed E-state index contributed by atoms with van der Waals surface area (Å²) in [4.78, 5) is 0. The Morgan fingerprint density at radius 3 is 2.41 bits per heavy atom. The second-order valence-electron chi connectivity index (χ2n) is 7.77. The minimum Gasteiger partial charge on any atom is -0.507 e. The molecule has 1 N–H and O–H groups in total. The van der Waals surface area contributed by atoms with Gasteiger partial charge in [-0.05, 0) is 41.3 Å². The number of rotatable bonds is 5. The summed E-state index contributed by atoms with van der Waals surface area (Å²) in [5, 5.41) is 19.9. The number of ether oxygens (including phenoxy) is 2. The van der Waals surface area contributed by atoms with Crippen molar-refractivity contribution in [3.05, 3.63) is 96.1 Å². The highest BCUT2D eigenvalue weighted by Crippen LogP contribution is 2.40. The Labute approximate surface area is 187 Å². The van der Waals surface area contributed by atoms with Crippen LogP contribution in [0.4, 0.5) is 5.69 Å². The van der Waals surface area contributed by atoms with E-state index >= 15 is 0 Å². The topological polar surface area (TPSA) is 54.3 Å². The molecule has 5 nitrogen and oxygen atoms in total. The zero-order valence-corrected chi connectivity index (χ0v) is 18.0. The van der Waals surface area contributed by atoms with E-state index in [1.54, 1.807) is 14.2 Å². The molecule has 1 aliphatic rings. The largest absolute Gasteiger partial charge is 0.507 e. The zero-order chi connectivity index (χ0) is 22.1. The van der Waals surface area contributed by atoms with Gasteiger partial charge >= 0.3 is 0 Å². The summed E-state index contributed by atoms with van der Waals surface area (Å²) in [5.74, 6) is 1.83. The number of hydrogen-bond donors (Lipinski definition) is 1. The number of anilines is 1. The number of benzene rings is 4. The Kier molecular flexibility index (Phi) is 5.15. The lowest BCUT2D eigenvalue weighted by Gasteiger charge is -2.24. The normalized spacial score (nSPS) is 15.6. The lowest BCUT2D eigenvalue weighted by molar-refractivity contribution is 0.413. The van der Waals surface area contributed by atoms with Gasteiger partial charge < -0.3 is 14.6 Å². The maximum Gasteiger partial charge on any atom is 0.132 e. The van der Waals surface area contributed by atoms with E-state index < -0.39 is 0 Å². The number of phenolic OH excluding ortho intramolecular Hbond substituents is 1. The molecule has 0 fully saturated rings. The van der Waals surface area contributed by atoms with Gasteiger partial charge in [0.05, 0.1) is 31.7 Å². The van der Waals surface area contributed by atoms with E-state index in [2.05, 4.69) is 6.07 Å². The highest BCUT2D eigenvalue weighted by molar-refractivity contribution is 6.09. The van der Waals surface area contributed by atoms with Crippen LogP contribution in [0.1, 0.15) is 23.6 Å². The third-order valence-corrected chi connectivity index (χ3v) is 5.92. The monoisotopic (exact) mass is 424 g/mol. The fourth-order valence-corrected chi connectivity index (χ4v) is 4.26. The average molecular weight is 425 g/mol. The van der Waals surface area contributed by atoms with Crippen molar-refractivity contribution in [2.24, 2.45) is 5.10 Å². The van der Waals surface area contributed by atoms with Crippen molar-refractivity contribution in [3.63, 3.8) is 0 Å². The van der Waals surface area contributed by atoms with Gasteiger partial charge in [0.15, 0.2) is 0 Å². The van der Waals surface area contributed by atoms with Gasteiger partial charge in [-0.2, -0.15) is 5.10 Å². The molecule has 0 spiro atoms. The second-order valence-corrected chi connectivity index (χ2v) is 7.77. The first-order valence-electron chi connectivity index (χ1n) is 10.5. The molecule has 4 aromatic rings. The third kappa shape index (κ3) is 3.52. The number of hydrazone groups is 1. The van der Waals surface area contributed by atoms with E-state index in [9.17, 15) is 5.11 Å². The van der Waals surface area contributed by atoms with E-state index in [4.69, 9.17) is 14.6 Å². The molecule has 0 aliphatic carbocycles. The standard InChI is InChI=1S/C27H24N2O3/c1-31-21-10-5-8-19(15-21)26-17-25(28-29(26)20-9-6-11-22(16-20)32-2)24-14-13-18-7-3-4-12-23(18)27(24)30/h3-16,26,30H,17H2,1-2H3. The first-order chi connectivity index (χ1) is 15.7. The molecule has 0 aromatic heterocycles. The van der Waals surface area contributed by atoms with Crippen molar-refractivity contribution in [2.75, 3.05) is 19.2 Å². The average Bonchev–Trinajstić information content (AvgIpc) is 3.30. The Morgan fingerprint density at radius 1 is 0.844 bits per heavy atom. The smallest absolute Gasteiger partial charge is 0.132 e. The lowest BCUT2D eigenvalue weighted by Crippen LogP contribution is -2.18. The Morgan fingerprint density at radius 2 is 1.59 bits per heavy atom. The predicted molar refractivity (Wildman–Crippen MR) is 128 cm³/mol. The van der Waals surface area contributed by atoms with E-state index in [-0.39, 0.29) is 11.8 Å². The van der Waals surface area contributed by atoms with Gasteiger partial charge in [-0.3, -0.25) is 5.01 Å². The van der Waals surface area contributed by atoms with Gasteiger partial charge in [-0.25, -0.2) is 0 Å². The Balaban J connectivity index is 1.62. The maximum atomic E-state index is 11.0. The van der Waals surface area contributed by atoms with Crippen LogP contribution in [0.25, 0.3) is 10.8 Å². The number of fused-ring (bicyclic) bond motifs is 1. The van der Waals surface area contributed by atoms with Gasteiger partial charge in [0, 0.05) is 23.4 Å². The molecule has 1 unspecified atom stereocenters. The number of nitrogens with zero attached hydrogens (tertiary/aromatic N) is 2. The number of aromatic hydroxyl groups is 1. The summed E-state index contributed by atoms with van der Waals surface area (Å²) in [6.07, 6.45) is 0.649. The molecule has 1 heterocycles. The van der Waals surface area contributed by atoms with Gasteiger partial charge in [0.1, 0.15) is 17.2 Å². The van der Waals surface area contributed by atoms with Crippen LogP contribution < -0.4 is 14.5 Å². The quantitative estimate of drug-likeness (QED) is 0.432. The van der Waals surface area contributed by atoms with Crippen molar-refractivity contribution in [1.82, 2.24) is 0 Å². The minimum atomic E-state index is -0.0434. The van der Waals surface area contributed by atoms with Crippen molar-refractivity contribution < 1.29 is 14.6 Å². The van der Waals surface area contributed by atoms with E-state index in [1.807, 2.05) is 83.9 Å². The van der Waals surface area contributed by atoms with Crippen LogP contribution in [0.15, 0.2) is 90.0 Å². The zero-order valence-electron chi connectivity index (χ0n) is 18.0. The summed E-state index contributed by atoms with van der Waals surface area (Å²) in [6, 6.07) is 27.7. The van der Waals surface area contributed by atoms with E-state index in [0.717, 1.165) is 44.8 Å². The molecule has 5 heteroatoms. The maximum absolute atomic E-state index is 11.0. The molecule has 1 aliphatic heterocycles. The molecule has 0 saturated carbocycles. The summed E-state index contributed by atoms with van der Waals surface area (Å²) in [6.45, 7) is 0. The first kappa shape index (κ1) is 19.9. The van der Waals surface area contributed by atoms with Gasteiger partial charge in [-0.1, -0.05) is 48.5 Å². The minimum absolute atomic E-state index is 0.0434. The van der Waals surface area contributed by atoms with Crippen LogP contribution in [0.5, 0.6) is 17.2 Å². The van der Waals surface area contributed by atoms with Crippen LogP contribution in [-0.4, -0.2) is 25.0 Å². The number of methoxy groups -OCH3 is 2. The van der Waals surface area contributed by atoms with Crippen molar-refractivity contribution in [3.8, 4) is 17.2 Å². The molecule has 5 rings (SSSR count). The number of phenols is 1. The van der Waals surface area contributed by atoms with Crippen molar-refractivity contribution in [2.45, 2.75) is 12.5 Å². The van der Waals surface area contributed by atoms with Crippen LogP contribution in [0.3, 0.4) is 0 Å². The van der Waals surface area contributed by atoms with Crippen LogP contribution in [0.2, 0.25) is 0 Å². The fourth-order valence-electron chi connectivity index (χ4n) is 4.26. The SMILES string of the molecule is COc1cccc(C2CC(c3ccc4ccccc4c3O)=NN2c2cccc(OC)c2)c1. The summed E-state index contributed by atoms with van der Waals surface area (Å²) in [5.41, 5.74) is 3.60. The molecule has 0 amide bonds. The molecule has 0 bridgehead atoms. The molecule has 160 valence electrons. The first-order valence-corrected chi connectivity index (χ1v) is 10.5. The molecular weight excluding hydrogens is 400 g/mol. The van der Waals surface area contributed by atoms with Crippen LogP contribution >= 0.6 is 0 Å². The Bertz CT molecular complexity index is 1320. The van der Waals surface area contributed by atoms with E-state index in [1.165, 1.54) is 0 Å². The van der Waals surface area contributed by atoms with Crippen molar-refractivity contribution in [1.29, 1.82) is 0 Å². The van der Waals surface area contributed by atoms with E-state index in [0.29, 0.717) is 6.42 Å². The van der Waals surface area contributed by atoms with Crippen LogP contribution in [-0.2, 0) is 0 Å². The molecule has 0 radical (unpaired) electrons. The third-order valence-electron chi connectivity index (χ3n) is 5.92. The molecule has 4 aromatic carbocycles. The second kappa shape index (κ2) is 8.27. The summed E-state index contributed by atoms with van der Waals surface area (Å²) in [7, 11) is 3.33.